The van der Waals surface area contributed by atoms with Crippen LogP contribution in [0.5, 0.6) is 0 Å². The van der Waals surface area contributed by atoms with Crippen molar-refractivity contribution in [1.29, 1.82) is 0 Å². The Labute approximate surface area is 101 Å². The molecule has 0 N–H and O–H groups in total. The van der Waals surface area contributed by atoms with Gasteiger partial charge in [-0.1, -0.05) is 19.4 Å². The number of rotatable bonds is 4. The minimum atomic E-state index is -0.755. The third kappa shape index (κ3) is 3.03. The van der Waals surface area contributed by atoms with Crippen molar-refractivity contribution in [2.45, 2.75) is 32.1 Å². The summed E-state index contributed by atoms with van der Waals surface area (Å²) in [5.74, 6) is -1.12. The summed E-state index contributed by atoms with van der Waals surface area (Å²) < 4.78 is 26.0. The summed E-state index contributed by atoms with van der Waals surface area (Å²) in [5.41, 5.74) is 0.933. The normalized spacial score (nSPS) is 21.0. The third-order valence-electron chi connectivity index (χ3n) is 3.52. The Morgan fingerprint density at radius 2 is 2.12 bits per heavy atom. The van der Waals surface area contributed by atoms with Crippen molar-refractivity contribution >= 4 is 0 Å². The lowest BCUT2D eigenvalue weighted by molar-refractivity contribution is 0.328. The van der Waals surface area contributed by atoms with Gasteiger partial charge in [-0.25, -0.2) is 8.78 Å². The zero-order chi connectivity index (χ0) is 12.3. The molecule has 1 nitrogen and oxygen atoms in total. The topological polar surface area (TPSA) is 3.24 Å². The average molecular weight is 239 g/mol. The highest BCUT2D eigenvalue weighted by molar-refractivity contribution is 5.23. The van der Waals surface area contributed by atoms with Gasteiger partial charge in [0, 0.05) is 6.54 Å². The van der Waals surface area contributed by atoms with Crippen LogP contribution in [0.25, 0.3) is 0 Å². The molecule has 17 heavy (non-hydrogen) atoms. The number of halogens is 2. The molecule has 0 saturated carbocycles. The van der Waals surface area contributed by atoms with Crippen LogP contribution in [0.4, 0.5) is 8.78 Å². The van der Waals surface area contributed by atoms with Crippen LogP contribution in [0, 0.1) is 11.6 Å². The Bertz CT molecular complexity index is 378. The molecule has 1 atom stereocenters. The summed E-state index contributed by atoms with van der Waals surface area (Å²) in [6, 6.07) is 4.30. The van der Waals surface area contributed by atoms with E-state index in [1.54, 1.807) is 6.07 Å². The van der Waals surface area contributed by atoms with Crippen molar-refractivity contribution < 1.29 is 8.78 Å². The zero-order valence-electron chi connectivity index (χ0n) is 10.3. The molecule has 0 amide bonds. The highest BCUT2D eigenvalue weighted by Gasteiger charge is 2.23. The zero-order valence-corrected chi connectivity index (χ0v) is 10.3. The minimum Gasteiger partial charge on any atom is -0.303 e. The maximum atomic E-state index is 13.1. The van der Waals surface area contributed by atoms with Gasteiger partial charge in [0.25, 0.3) is 0 Å². The summed E-state index contributed by atoms with van der Waals surface area (Å²) in [6.07, 6.45) is 3.46. The van der Waals surface area contributed by atoms with E-state index in [9.17, 15) is 8.78 Å². The smallest absolute Gasteiger partial charge is 0.159 e. The quantitative estimate of drug-likeness (QED) is 0.776. The molecule has 1 aromatic carbocycles. The molecule has 1 aliphatic rings. The van der Waals surface area contributed by atoms with Crippen LogP contribution < -0.4 is 0 Å². The number of hydrogen-bond acceptors (Lipinski definition) is 1. The molecular formula is C14H19F2N. The Morgan fingerprint density at radius 3 is 2.82 bits per heavy atom. The van der Waals surface area contributed by atoms with Gasteiger partial charge in [-0.2, -0.15) is 0 Å². The monoisotopic (exact) mass is 239 g/mol. The number of nitrogens with zero attached hydrogens (tertiary/aromatic N) is 1. The van der Waals surface area contributed by atoms with Crippen LogP contribution in [-0.4, -0.2) is 24.5 Å². The van der Waals surface area contributed by atoms with Gasteiger partial charge in [0.15, 0.2) is 11.6 Å². The molecule has 2 rings (SSSR count). The van der Waals surface area contributed by atoms with E-state index in [-0.39, 0.29) is 0 Å². The molecule has 1 aliphatic heterocycles. The number of hydrogen-bond donors (Lipinski definition) is 0. The Balaban J connectivity index is 1.97. The van der Waals surface area contributed by atoms with Gasteiger partial charge in [-0.05, 0) is 49.5 Å². The van der Waals surface area contributed by atoms with Crippen molar-refractivity contribution in [2.75, 3.05) is 19.6 Å². The van der Waals surface area contributed by atoms with E-state index in [0.717, 1.165) is 31.6 Å². The lowest BCUT2D eigenvalue weighted by Crippen LogP contribution is -2.21. The first-order chi connectivity index (χ1) is 8.20. The number of likely N-dealkylation sites (tertiary alicyclic amines) is 1. The first-order valence-electron chi connectivity index (χ1n) is 6.38. The lowest BCUT2D eigenvalue weighted by Gasteiger charge is -2.15. The SMILES string of the molecule is CCCCN1CC[C@H](c2ccc(F)c(F)c2)C1. The van der Waals surface area contributed by atoms with Gasteiger partial charge in [-0.15, -0.1) is 0 Å². The number of unbranched alkanes of at least 4 members (excludes halogenated alkanes) is 1. The van der Waals surface area contributed by atoms with E-state index in [0.29, 0.717) is 5.92 Å². The highest BCUT2D eigenvalue weighted by Crippen LogP contribution is 2.28. The summed E-state index contributed by atoms with van der Waals surface area (Å²) >= 11 is 0. The fourth-order valence-corrected chi connectivity index (χ4v) is 2.46. The molecule has 0 aliphatic carbocycles. The maximum Gasteiger partial charge on any atom is 0.159 e. The Hall–Kier alpha value is -0.960. The van der Waals surface area contributed by atoms with E-state index in [2.05, 4.69) is 11.8 Å². The second-order valence-electron chi connectivity index (χ2n) is 4.81. The fourth-order valence-electron chi connectivity index (χ4n) is 2.46. The van der Waals surface area contributed by atoms with Gasteiger partial charge in [0.05, 0.1) is 0 Å². The van der Waals surface area contributed by atoms with Gasteiger partial charge in [0.2, 0.25) is 0 Å². The Morgan fingerprint density at radius 1 is 1.29 bits per heavy atom. The second kappa shape index (κ2) is 5.58. The molecule has 0 spiro atoms. The van der Waals surface area contributed by atoms with Crippen molar-refractivity contribution in [3.05, 3.63) is 35.4 Å². The first-order valence-corrected chi connectivity index (χ1v) is 6.38. The molecule has 0 aromatic heterocycles. The van der Waals surface area contributed by atoms with Crippen molar-refractivity contribution in [3.63, 3.8) is 0 Å². The van der Waals surface area contributed by atoms with E-state index < -0.39 is 11.6 Å². The predicted octanol–water partition coefficient (Wildman–Crippen LogP) is 3.55. The van der Waals surface area contributed by atoms with E-state index in [1.165, 1.54) is 25.0 Å². The van der Waals surface area contributed by atoms with E-state index in [4.69, 9.17) is 0 Å². The minimum absolute atomic E-state index is 0.363. The fraction of sp³-hybridized carbons (Fsp3) is 0.571. The Kier molecular flexibility index (Phi) is 4.11. The molecule has 1 aromatic rings. The van der Waals surface area contributed by atoms with Gasteiger partial charge >= 0.3 is 0 Å². The van der Waals surface area contributed by atoms with Crippen LogP contribution in [0.2, 0.25) is 0 Å². The summed E-state index contributed by atoms with van der Waals surface area (Å²) in [7, 11) is 0. The summed E-state index contributed by atoms with van der Waals surface area (Å²) in [4.78, 5) is 2.41. The lowest BCUT2D eigenvalue weighted by atomic mass is 9.98. The van der Waals surface area contributed by atoms with Crippen molar-refractivity contribution in [1.82, 2.24) is 4.90 Å². The molecule has 0 radical (unpaired) electrons. The van der Waals surface area contributed by atoms with Crippen molar-refractivity contribution in [2.24, 2.45) is 0 Å². The summed E-state index contributed by atoms with van der Waals surface area (Å²) in [6.45, 7) is 5.36. The van der Waals surface area contributed by atoms with Crippen LogP contribution in [-0.2, 0) is 0 Å². The number of benzene rings is 1. The van der Waals surface area contributed by atoms with Gasteiger partial charge in [-0.3, -0.25) is 0 Å². The van der Waals surface area contributed by atoms with Crippen LogP contribution in [0.1, 0.15) is 37.7 Å². The largest absolute Gasteiger partial charge is 0.303 e. The molecule has 3 heteroatoms. The summed E-state index contributed by atoms with van der Waals surface area (Å²) in [5, 5.41) is 0. The molecule has 0 unspecified atom stereocenters. The average Bonchev–Trinajstić information content (AvgIpc) is 2.79. The molecule has 94 valence electrons. The third-order valence-corrected chi connectivity index (χ3v) is 3.52. The van der Waals surface area contributed by atoms with Gasteiger partial charge in [0.1, 0.15) is 0 Å². The van der Waals surface area contributed by atoms with Crippen LogP contribution >= 0.6 is 0 Å². The standard InChI is InChI=1S/C14H19F2N/c1-2-3-7-17-8-6-12(10-17)11-4-5-13(15)14(16)9-11/h4-5,9,12H,2-3,6-8,10H2,1H3/t12-/m0/s1. The van der Waals surface area contributed by atoms with Crippen molar-refractivity contribution in [3.8, 4) is 0 Å². The van der Waals surface area contributed by atoms with E-state index in [1.807, 2.05) is 0 Å². The van der Waals surface area contributed by atoms with Gasteiger partial charge < -0.3 is 4.90 Å². The second-order valence-corrected chi connectivity index (χ2v) is 4.81. The van der Waals surface area contributed by atoms with E-state index >= 15 is 0 Å². The molecular weight excluding hydrogens is 220 g/mol. The molecule has 1 saturated heterocycles. The highest BCUT2D eigenvalue weighted by atomic mass is 19.2. The van der Waals surface area contributed by atoms with Crippen LogP contribution in [0.3, 0.4) is 0 Å². The maximum absolute atomic E-state index is 13.1. The first kappa shape index (κ1) is 12.5. The van der Waals surface area contributed by atoms with Crippen LogP contribution in [0.15, 0.2) is 18.2 Å². The molecule has 0 bridgehead atoms. The predicted molar refractivity (Wildman–Crippen MR) is 65.1 cm³/mol. The molecule has 1 fully saturated rings. The molecule has 1 heterocycles.